The summed E-state index contributed by atoms with van der Waals surface area (Å²) in [6.07, 6.45) is 0. The van der Waals surface area contributed by atoms with E-state index in [0.29, 0.717) is 22.6 Å². The number of rotatable bonds is 7. The van der Waals surface area contributed by atoms with Crippen LogP contribution in [0.4, 0.5) is 10.1 Å². The molecule has 0 fully saturated rings. The molecule has 0 saturated heterocycles. The Morgan fingerprint density at radius 1 is 1.03 bits per heavy atom. The Bertz CT molecular complexity index is 1130. The first-order valence-corrected chi connectivity index (χ1v) is 10.5. The van der Waals surface area contributed by atoms with E-state index in [1.54, 1.807) is 36.4 Å². The van der Waals surface area contributed by atoms with E-state index in [-0.39, 0.29) is 23.2 Å². The molecule has 3 aromatic rings. The molecule has 0 heterocycles. The van der Waals surface area contributed by atoms with Crippen molar-refractivity contribution in [2.45, 2.75) is 11.4 Å². The molecule has 3 rings (SSSR count). The second-order valence-electron chi connectivity index (χ2n) is 6.51. The zero-order valence-corrected chi connectivity index (χ0v) is 17.3. The molecule has 0 aliphatic carbocycles. The van der Waals surface area contributed by atoms with Crippen molar-refractivity contribution in [1.29, 1.82) is 0 Å². The molecule has 156 valence electrons. The molecular weight excluding hydrogens is 407 g/mol. The molecule has 0 spiro atoms. The van der Waals surface area contributed by atoms with Gasteiger partial charge in [0.15, 0.2) is 0 Å². The van der Waals surface area contributed by atoms with Crippen LogP contribution < -0.4 is 14.4 Å². The van der Waals surface area contributed by atoms with E-state index in [1.165, 1.54) is 50.6 Å². The summed E-state index contributed by atoms with van der Waals surface area (Å²) in [7, 11) is -0.810. The normalized spacial score (nSPS) is 11.0. The van der Waals surface area contributed by atoms with E-state index < -0.39 is 10.0 Å². The van der Waals surface area contributed by atoms with Crippen LogP contribution in [0.25, 0.3) is 0 Å². The summed E-state index contributed by atoms with van der Waals surface area (Å²) >= 11 is 0. The maximum absolute atomic E-state index is 13.2. The van der Waals surface area contributed by atoms with Gasteiger partial charge in [-0.2, -0.15) is 0 Å². The number of methoxy groups -OCH3 is 1. The van der Waals surface area contributed by atoms with Crippen LogP contribution >= 0.6 is 0 Å². The molecule has 0 radical (unpaired) electrons. The van der Waals surface area contributed by atoms with Gasteiger partial charge in [-0.15, -0.1) is 0 Å². The number of nitrogens with one attached hydrogen (secondary N) is 1. The monoisotopic (exact) mass is 428 g/mol. The van der Waals surface area contributed by atoms with Gasteiger partial charge in [0.1, 0.15) is 11.6 Å². The first-order valence-electron chi connectivity index (χ1n) is 9.07. The minimum atomic E-state index is -3.76. The smallest absolute Gasteiger partial charge is 0.264 e. The second kappa shape index (κ2) is 8.96. The van der Waals surface area contributed by atoms with Crippen molar-refractivity contribution in [2.24, 2.45) is 0 Å². The van der Waals surface area contributed by atoms with Gasteiger partial charge in [0.25, 0.3) is 15.9 Å². The number of halogens is 1. The fraction of sp³-hybridized carbons (Fsp3) is 0.136. The van der Waals surface area contributed by atoms with E-state index in [1.807, 2.05) is 0 Å². The van der Waals surface area contributed by atoms with Crippen molar-refractivity contribution in [3.05, 3.63) is 89.7 Å². The largest absolute Gasteiger partial charge is 0.497 e. The lowest BCUT2D eigenvalue weighted by Gasteiger charge is -2.20. The Kier molecular flexibility index (Phi) is 6.37. The lowest BCUT2D eigenvalue weighted by molar-refractivity contribution is 0.0951. The van der Waals surface area contributed by atoms with Crippen LogP contribution in [-0.4, -0.2) is 28.5 Å². The number of benzene rings is 3. The number of carbonyl (C=O) groups is 1. The summed E-state index contributed by atoms with van der Waals surface area (Å²) in [5.74, 6) is -0.149. The Labute approximate surface area is 175 Å². The molecular formula is C22H21FN2O4S. The number of amides is 1. The number of hydrogen-bond donors (Lipinski definition) is 1. The van der Waals surface area contributed by atoms with Gasteiger partial charge in [-0.1, -0.05) is 12.1 Å². The lowest BCUT2D eigenvalue weighted by Crippen LogP contribution is -2.27. The highest BCUT2D eigenvalue weighted by Crippen LogP contribution is 2.24. The minimum Gasteiger partial charge on any atom is -0.497 e. The molecule has 6 nitrogen and oxygen atoms in total. The third-order valence-electron chi connectivity index (χ3n) is 4.55. The van der Waals surface area contributed by atoms with E-state index >= 15 is 0 Å². The summed E-state index contributed by atoms with van der Waals surface area (Å²) in [6, 6.07) is 18.2. The van der Waals surface area contributed by atoms with Crippen LogP contribution in [0.3, 0.4) is 0 Å². The molecule has 30 heavy (non-hydrogen) atoms. The molecule has 0 saturated carbocycles. The molecule has 0 bridgehead atoms. The molecule has 3 aromatic carbocycles. The van der Waals surface area contributed by atoms with Crippen LogP contribution in [0, 0.1) is 5.82 Å². The van der Waals surface area contributed by atoms with E-state index in [9.17, 15) is 17.6 Å². The zero-order valence-electron chi connectivity index (χ0n) is 16.5. The number of anilines is 1. The summed E-state index contributed by atoms with van der Waals surface area (Å²) in [4.78, 5) is 12.4. The van der Waals surface area contributed by atoms with Gasteiger partial charge in [0.05, 0.1) is 17.7 Å². The molecule has 0 atom stereocenters. The van der Waals surface area contributed by atoms with Crippen LogP contribution in [0.2, 0.25) is 0 Å². The average Bonchev–Trinajstić information content (AvgIpc) is 2.77. The number of ether oxygens (including phenoxy) is 1. The molecule has 1 amide bonds. The maximum atomic E-state index is 13.2. The quantitative estimate of drug-likeness (QED) is 0.624. The topological polar surface area (TPSA) is 75.7 Å². The SMILES string of the molecule is COc1ccc(S(=O)(=O)N(C)c2ccc(C(=O)NCc3cccc(F)c3)cc2)cc1. The number of nitrogens with zero attached hydrogens (tertiary/aromatic N) is 1. The van der Waals surface area contributed by atoms with Gasteiger partial charge in [0, 0.05) is 19.2 Å². The Morgan fingerprint density at radius 2 is 1.70 bits per heavy atom. The Hall–Kier alpha value is -3.39. The second-order valence-corrected chi connectivity index (χ2v) is 8.48. The summed E-state index contributed by atoms with van der Waals surface area (Å²) in [5, 5.41) is 2.71. The van der Waals surface area contributed by atoms with Gasteiger partial charge in [-0.3, -0.25) is 9.10 Å². The summed E-state index contributed by atoms with van der Waals surface area (Å²) < 4.78 is 45.0. The third kappa shape index (κ3) is 4.77. The fourth-order valence-electron chi connectivity index (χ4n) is 2.80. The summed E-state index contributed by atoms with van der Waals surface area (Å²) in [6.45, 7) is 0.185. The van der Waals surface area contributed by atoms with Crippen LogP contribution in [0.15, 0.2) is 77.7 Å². The Balaban J connectivity index is 1.69. The highest BCUT2D eigenvalue weighted by Gasteiger charge is 2.21. The number of sulfonamides is 1. The van der Waals surface area contributed by atoms with Gasteiger partial charge >= 0.3 is 0 Å². The van der Waals surface area contributed by atoms with Crippen molar-refractivity contribution >= 4 is 21.6 Å². The first-order chi connectivity index (χ1) is 14.3. The predicted octanol–water partition coefficient (Wildman–Crippen LogP) is 3.59. The van der Waals surface area contributed by atoms with E-state index in [0.717, 1.165) is 4.31 Å². The molecule has 0 unspecified atom stereocenters. The summed E-state index contributed by atoms with van der Waals surface area (Å²) in [5.41, 5.74) is 1.42. The third-order valence-corrected chi connectivity index (χ3v) is 6.35. The van der Waals surface area contributed by atoms with Crippen LogP contribution in [0.5, 0.6) is 5.75 Å². The van der Waals surface area contributed by atoms with Crippen molar-refractivity contribution in [2.75, 3.05) is 18.5 Å². The molecule has 0 aliphatic rings. The predicted molar refractivity (Wildman–Crippen MR) is 113 cm³/mol. The fourth-order valence-corrected chi connectivity index (χ4v) is 3.99. The molecule has 0 aromatic heterocycles. The molecule has 8 heteroatoms. The van der Waals surface area contributed by atoms with Gasteiger partial charge in [-0.05, 0) is 66.2 Å². The van der Waals surface area contributed by atoms with Crippen LogP contribution in [-0.2, 0) is 16.6 Å². The van der Waals surface area contributed by atoms with Crippen LogP contribution in [0.1, 0.15) is 15.9 Å². The lowest BCUT2D eigenvalue weighted by atomic mass is 10.1. The van der Waals surface area contributed by atoms with Crippen molar-refractivity contribution < 1.29 is 22.3 Å². The van der Waals surface area contributed by atoms with Gasteiger partial charge < -0.3 is 10.1 Å². The van der Waals surface area contributed by atoms with E-state index in [2.05, 4.69) is 5.32 Å². The first kappa shape index (κ1) is 21.3. The number of carbonyl (C=O) groups excluding carboxylic acids is 1. The minimum absolute atomic E-state index is 0.128. The van der Waals surface area contributed by atoms with Crippen molar-refractivity contribution in [1.82, 2.24) is 5.32 Å². The zero-order chi connectivity index (χ0) is 21.7. The van der Waals surface area contributed by atoms with E-state index in [4.69, 9.17) is 4.74 Å². The Morgan fingerprint density at radius 3 is 2.30 bits per heavy atom. The highest BCUT2D eigenvalue weighted by molar-refractivity contribution is 7.92. The number of hydrogen-bond acceptors (Lipinski definition) is 4. The highest BCUT2D eigenvalue weighted by atomic mass is 32.2. The van der Waals surface area contributed by atoms with Gasteiger partial charge in [0.2, 0.25) is 0 Å². The molecule has 1 N–H and O–H groups in total. The molecule has 0 aliphatic heterocycles. The van der Waals surface area contributed by atoms with Gasteiger partial charge in [-0.25, -0.2) is 12.8 Å². The maximum Gasteiger partial charge on any atom is 0.264 e. The average molecular weight is 428 g/mol. The van der Waals surface area contributed by atoms with Crippen molar-refractivity contribution in [3.63, 3.8) is 0 Å². The standard InChI is InChI=1S/C22H21FN2O4S/c1-25(30(27,28)21-12-10-20(29-2)11-13-21)19-8-6-17(7-9-19)22(26)24-15-16-4-3-5-18(23)14-16/h3-14H,15H2,1-2H3,(H,24,26). The van der Waals surface area contributed by atoms with Crippen molar-refractivity contribution in [3.8, 4) is 5.75 Å².